The summed E-state index contributed by atoms with van der Waals surface area (Å²) in [6, 6.07) is 11.6. The second kappa shape index (κ2) is 9.23. The topological polar surface area (TPSA) is 66.9 Å². The molecule has 1 fully saturated rings. The summed E-state index contributed by atoms with van der Waals surface area (Å²) in [5.74, 6) is 1.61. The zero-order chi connectivity index (χ0) is 19.1. The molecule has 0 spiro atoms. The number of ether oxygens (including phenoxy) is 2. The third kappa shape index (κ3) is 4.68. The summed E-state index contributed by atoms with van der Waals surface area (Å²) >= 11 is 0. The van der Waals surface area contributed by atoms with E-state index < -0.39 is 0 Å². The van der Waals surface area contributed by atoms with E-state index in [-0.39, 0.29) is 5.91 Å². The van der Waals surface area contributed by atoms with E-state index in [4.69, 9.17) is 9.47 Å². The van der Waals surface area contributed by atoms with E-state index in [9.17, 15) is 4.79 Å². The van der Waals surface area contributed by atoms with Crippen molar-refractivity contribution in [2.75, 3.05) is 63.4 Å². The van der Waals surface area contributed by atoms with Gasteiger partial charge in [-0.25, -0.2) is 4.98 Å². The highest BCUT2D eigenvalue weighted by atomic mass is 16.5. The predicted molar refractivity (Wildman–Crippen MR) is 106 cm³/mol. The Balaban J connectivity index is 1.62. The molecule has 2 heterocycles. The standard InChI is InChI=1S/C20H26N4O3/c1-26-14-9-22-20(25)16-7-8-21-19(15-16)24-12-10-23(11-13-24)17-5-3-4-6-18(17)27-2/h3-8,15H,9-14H2,1-2H3,(H,22,25). The van der Waals surface area contributed by atoms with Crippen LogP contribution >= 0.6 is 0 Å². The Bertz CT molecular complexity index is 760. The van der Waals surface area contributed by atoms with Crippen molar-refractivity contribution in [3.05, 3.63) is 48.2 Å². The van der Waals surface area contributed by atoms with Gasteiger partial charge in [0.15, 0.2) is 0 Å². The van der Waals surface area contributed by atoms with Crippen LogP contribution in [0.3, 0.4) is 0 Å². The maximum absolute atomic E-state index is 12.2. The zero-order valence-corrected chi connectivity index (χ0v) is 15.9. The number of benzene rings is 1. The number of pyridine rings is 1. The number of carbonyl (C=O) groups is 1. The molecule has 1 N–H and O–H groups in total. The van der Waals surface area contributed by atoms with Crippen LogP contribution in [0.25, 0.3) is 0 Å². The third-order valence-electron chi connectivity index (χ3n) is 4.63. The number of nitrogens with one attached hydrogen (secondary N) is 1. The van der Waals surface area contributed by atoms with E-state index in [2.05, 4.69) is 26.2 Å². The van der Waals surface area contributed by atoms with Gasteiger partial charge in [-0.15, -0.1) is 0 Å². The van der Waals surface area contributed by atoms with Gasteiger partial charge in [-0.1, -0.05) is 12.1 Å². The monoisotopic (exact) mass is 370 g/mol. The molecule has 0 aliphatic carbocycles. The molecule has 7 nitrogen and oxygen atoms in total. The number of para-hydroxylation sites is 2. The minimum Gasteiger partial charge on any atom is -0.495 e. The smallest absolute Gasteiger partial charge is 0.251 e. The quantitative estimate of drug-likeness (QED) is 0.750. The summed E-state index contributed by atoms with van der Waals surface area (Å²) in [4.78, 5) is 21.2. The van der Waals surface area contributed by atoms with Crippen LogP contribution in [0.15, 0.2) is 42.6 Å². The number of hydrogen-bond acceptors (Lipinski definition) is 6. The minimum atomic E-state index is -0.108. The van der Waals surface area contributed by atoms with E-state index in [1.54, 1.807) is 26.5 Å². The largest absolute Gasteiger partial charge is 0.495 e. The van der Waals surface area contributed by atoms with Gasteiger partial charge in [0.05, 0.1) is 19.4 Å². The first-order valence-electron chi connectivity index (χ1n) is 9.09. The average molecular weight is 370 g/mol. The van der Waals surface area contributed by atoms with Crippen LogP contribution < -0.4 is 19.9 Å². The lowest BCUT2D eigenvalue weighted by molar-refractivity contribution is 0.0937. The molecule has 27 heavy (non-hydrogen) atoms. The van der Waals surface area contributed by atoms with Crippen LogP contribution in [-0.2, 0) is 4.74 Å². The van der Waals surface area contributed by atoms with Crippen molar-refractivity contribution in [2.45, 2.75) is 0 Å². The number of hydrogen-bond donors (Lipinski definition) is 1. The fourth-order valence-electron chi connectivity index (χ4n) is 3.17. The van der Waals surface area contributed by atoms with Gasteiger partial charge in [0.2, 0.25) is 0 Å². The van der Waals surface area contributed by atoms with Gasteiger partial charge in [0, 0.05) is 51.6 Å². The van der Waals surface area contributed by atoms with Crippen LogP contribution in [0.1, 0.15) is 10.4 Å². The molecule has 1 aromatic carbocycles. The van der Waals surface area contributed by atoms with Crippen LogP contribution in [0, 0.1) is 0 Å². The molecule has 0 saturated carbocycles. The van der Waals surface area contributed by atoms with Gasteiger partial charge in [-0.05, 0) is 24.3 Å². The Morgan fingerprint density at radius 3 is 2.59 bits per heavy atom. The van der Waals surface area contributed by atoms with E-state index in [1.807, 2.05) is 24.3 Å². The van der Waals surface area contributed by atoms with E-state index in [0.717, 1.165) is 43.4 Å². The van der Waals surface area contributed by atoms with Gasteiger partial charge in [-0.3, -0.25) is 4.79 Å². The molecule has 7 heteroatoms. The highest BCUT2D eigenvalue weighted by molar-refractivity contribution is 5.94. The number of anilines is 2. The van der Waals surface area contributed by atoms with Crippen molar-refractivity contribution < 1.29 is 14.3 Å². The number of piperazine rings is 1. The van der Waals surface area contributed by atoms with Gasteiger partial charge >= 0.3 is 0 Å². The summed E-state index contributed by atoms with van der Waals surface area (Å²) in [5.41, 5.74) is 1.72. The van der Waals surface area contributed by atoms with Gasteiger partial charge in [-0.2, -0.15) is 0 Å². The van der Waals surface area contributed by atoms with Gasteiger partial charge in [0.1, 0.15) is 11.6 Å². The Labute approximate surface area is 159 Å². The maximum Gasteiger partial charge on any atom is 0.251 e. The first-order valence-corrected chi connectivity index (χ1v) is 9.09. The number of rotatable bonds is 7. The summed E-state index contributed by atoms with van der Waals surface area (Å²) in [7, 11) is 3.31. The normalized spacial score (nSPS) is 14.1. The highest BCUT2D eigenvalue weighted by Crippen LogP contribution is 2.29. The van der Waals surface area contributed by atoms with E-state index >= 15 is 0 Å². The third-order valence-corrected chi connectivity index (χ3v) is 4.63. The molecule has 0 atom stereocenters. The summed E-state index contributed by atoms with van der Waals surface area (Å²) in [6.45, 7) is 4.39. The summed E-state index contributed by atoms with van der Waals surface area (Å²) in [5, 5.41) is 2.84. The van der Waals surface area contributed by atoms with E-state index in [0.29, 0.717) is 18.7 Å². The second-order valence-electron chi connectivity index (χ2n) is 6.30. The molecule has 1 aliphatic rings. The number of aromatic nitrogens is 1. The molecule has 144 valence electrons. The van der Waals surface area contributed by atoms with Crippen molar-refractivity contribution in [3.8, 4) is 5.75 Å². The van der Waals surface area contributed by atoms with Crippen molar-refractivity contribution in [1.29, 1.82) is 0 Å². The molecular weight excluding hydrogens is 344 g/mol. The predicted octanol–water partition coefficient (Wildman–Crippen LogP) is 1.79. The summed E-state index contributed by atoms with van der Waals surface area (Å²) in [6.07, 6.45) is 1.69. The molecule has 1 saturated heterocycles. The van der Waals surface area contributed by atoms with Crippen LogP contribution in [-0.4, -0.2) is 64.4 Å². The van der Waals surface area contributed by atoms with Gasteiger partial charge < -0.3 is 24.6 Å². The molecule has 0 unspecified atom stereocenters. The second-order valence-corrected chi connectivity index (χ2v) is 6.30. The fourth-order valence-corrected chi connectivity index (χ4v) is 3.17. The number of methoxy groups -OCH3 is 2. The molecule has 3 rings (SSSR count). The molecule has 0 radical (unpaired) electrons. The summed E-state index contributed by atoms with van der Waals surface area (Å²) < 4.78 is 10.4. The average Bonchev–Trinajstić information content (AvgIpc) is 2.74. The molecule has 1 aromatic heterocycles. The molecular formula is C20H26N4O3. The molecule has 1 amide bonds. The SMILES string of the molecule is COCCNC(=O)c1ccnc(N2CCN(c3ccccc3OC)CC2)c1. The molecule has 1 aliphatic heterocycles. The lowest BCUT2D eigenvalue weighted by Crippen LogP contribution is -2.47. The number of amides is 1. The first kappa shape index (κ1) is 19.0. The van der Waals surface area contributed by atoms with Crippen LogP contribution in [0.2, 0.25) is 0 Å². The van der Waals surface area contributed by atoms with Crippen molar-refractivity contribution in [2.24, 2.45) is 0 Å². The van der Waals surface area contributed by atoms with Crippen LogP contribution in [0.5, 0.6) is 5.75 Å². The maximum atomic E-state index is 12.2. The van der Waals surface area contributed by atoms with Gasteiger partial charge in [0.25, 0.3) is 5.91 Å². The Hall–Kier alpha value is -2.80. The van der Waals surface area contributed by atoms with Crippen molar-refractivity contribution in [1.82, 2.24) is 10.3 Å². The van der Waals surface area contributed by atoms with Crippen molar-refractivity contribution >= 4 is 17.4 Å². The highest BCUT2D eigenvalue weighted by Gasteiger charge is 2.21. The van der Waals surface area contributed by atoms with Crippen molar-refractivity contribution in [3.63, 3.8) is 0 Å². The first-order chi connectivity index (χ1) is 13.2. The minimum absolute atomic E-state index is 0.108. The number of carbonyl (C=O) groups excluding carboxylic acids is 1. The Morgan fingerprint density at radius 2 is 1.85 bits per heavy atom. The number of nitrogens with zero attached hydrogens (tertiary/aromatic N) is 3. The molecule has 2 aromatic rings. The zero-order valence-electron chi connectivity index (χ0n) is 15.9. The molecule has 0 bridgehead atoms. The lowest BCUT2D eigenvalue weighted by Gasteiger charge is -2.37. The fraction of sp³-hybridized carbons (Fsp3) is 0.400. The van der Waals surface area contributed by atoms with Crippen LogP contribution in [0.4, 0.5) is 11.5 Å². The Morgan fingerprint density at radius 1 is 1.11 bits per heavy atom. The lowest BCUT2D eigenvalue weighted by atomic mass is 10.2. The Kier molecular flexibility index (Phi) is 6.49. The van der Waals surface area contributed by atoms with E-state index in [1.165, 1.54) is 0 Å².